The van der Waals surface area contributed by atoms with Crippen molar-refractivity contribution in [1.29, 1.82) is 0 Å². The van der Waals surface area contributed by atoms with Crippen molar-refractivity contribution in [3.63, 3.8) is 0 Å². The van der Waals surface area contributed by atoms with Crippen molar-refractivity contribution < 1.29 is 0 Å². The van der Waals surface area contributed by atoms with Crippen LogP contribution in [-0.2, 0) is 0 Å². The highest BCUT2D eigenvalue weighted by Gasteiger charge is 2.02. The van der Waals surface area contributed by atoms with Crippen LogP contribution in [0.2, 0.25) is 5.02 Å². The Morgan fingerprint density at radius 2 is 2.17 bits per heavy atom. The van der Waals surface area contributed by atoms with Crippen LogP contribution in [0.25, 0.3) is 10.9 Å². The van der Waals surface area contributed by atoms with Gasteiger partial charge in [0.15, 0.2) is 0 Å². The van der Waals surface area contributed by atoms with Gasteiger partial charge >= 0.3 is 0 Å². The van der Waals surface area contributed by atoms with E-state index in [0.717, 1.165) is 5.39 Å². The molecular formula is C8H6ClN3. The minimum Gasteiger partial charge on any atom is -0.382 e. The zero-order valence-electron chi connectivity index (χ0n) is 6.16. The van der Waals surface area contributed by atoms with Crippen LogP contribution in [0.1, 0.15) is 0 Å². The zero-order chi connectivity index (χ0) is 8.55. The number of fused-ring (bicyclic) bond motifs is 1. The van der Waals surface area contributed by atoms with Gasteiger partial charge in [0.2, 0.25) is 0 Å². The van der Waals surface area contributed by atoms with E-state index in [2.05, 4.69) is 9.97 Å². The number of nitrogens with zero attached hydrogens (tertiary/aromatic N) is 2. The van der Waals surface area contributed by atoms with E-state index in [0.29, 0.717) is 16.4 Å². The molecular weight excluding hydrogens is 174 g/mol. The fourth-order valence-corrected chi connectivity index (χ4v) is 1.26. The van der Waals surface area contributed by atoms with Gasteiger partial charge in [-0.15, -0.1) is 0 Å². The summed E-state index contributed by atoms with van der Waals surface area (Å²) in [5.74, 6) is 0.412. The van der Waals surface area contributed by atoms with Crippen molar-refractivity contribution in [1.82, 2.24) is 9.97 Å². The van der Waals surface area contributed by atoms with E-state index >= 15 is 0 Å². The van der Waals surface area contributed by atoms with Gasteiger partial charge in [0, 0.05) is 17.8 Å². The first-order valence-electron chi connectivity index (χ1n) is 3.44. The molecule has 2 heterocycles. The first-order valence-corrected chi connectivity index (χ1v) is 3.81. The molecule has 2 aromatic rings. The topological polar surface area (TPSA) is 51.8 Å². The Balaban J connectivity index is 2.95. The van der Waals surface area contributed by atoms with Gasteiger partial charge in [0.05, 0.1) is 5.02 Å². The number of hydrogen-bond acceptors (Lipinski definition) is 3. The number of halogens is 1. The number of aromatic nitrogens is 2. The lowest BCUT2D eigenvalue weighted by molar-refractivity contribution is 1.32. The summed E-state index contributed by atoms with van der Waals surface area (Å²) in [6.07, 6.45) is 3.19. The van der Waals surface area contributed by atoms with Crippen LogP contribution < -0.4 is 5.73 Å². The molecule has 60 valence electrons. The van der Waals surface area contributed by atoms with E-state index < -0.39 is 0 Å². The zero-order valence-corrected chi connectivity index (χ0v) is 6.92. The molecule has 0 bridgehead atoms. The van der Waals surface area contributed by atoms with Crippen LogP contribution in [0, 0.1) is 0 Å². The maximum absolute atomic E-state index is 5.87. The van der Waals surface area contributed by atoms with E-state index in [1.165, 1.54) is 6.20 Å². The number of anilines is 1. The summed E-state index contributed by atoms with van der Waals surface area (Å²) in [6, 6.07) is 3.68. The summed E-state index contributed by atoms with van der Waals surface area (Å²) in [6.45, 7) is 0. The molecule has 0 aromatic carbocycles. The van der Waals surface area contributed by atoms with Crippen molar-refractivity contribution in [2.45, 2.75) is 0 Å². The second kappa shape index (κ2) is 2.60. The van der Waals surface area contributed by atoms with Gasteiger partial charge in [0.1, 0.15) is 11.3 Å². The van der Waals surface area contributed by atoms with Gasteiger partial charge in [-0.05, 0) is 12.1 Å². The predicted molar refractivity (Wildman–Crippen MR) is 49.0 cm³/mol. The van der Waals surface area contributed by atoms with Crippen molar-refractivity contribution in [3.8, 4) is 0 Å². The largest absolute Gasteiger partial charge is 0.382 e. The highest BCUT2D eigenvalue weighted by Crippen LogP contribution is 2.23. The Bertz CT molecular complexity index is 387. The molecule has 0 aliphatic heterocycles. The lowest BCUT2D eigenvalue weighted by Crippen LogP contribution is -1.92. The number of hydrogen-bond donors (Lipinski definition) is 1. The van der Waals surface area contributed by atoms with Gasteiger partial charge in [-0.3, -0.25) is 4.98 Å². The second-order valence-corrected chi connectivity index (χ2v) is 2.80. The second-order valence-electron chi connectivity index (χ2n) is 2.39. The van der Waals surface area contributed by atoms with Gasteiger partial charge in [-0.25, -0.2) is 4.98 Å². The standard InChI is InChI=1S/C8H6ClN3/c9-6-4-12-8(10)7-5(6)2-1-3-11-7/h1-4H,(H2,10,12). The van der Waals surface area contributed by atoms with Crippen molar-refractivity contribution in [3.05, 3.63) is 29.5 Å². The van der Waals surface area contributed by atoms with Crippen LogP contribution in [0.3, 0.4) is 0 Å². The Kier molecular flexibility index (Phi) is 1.59. The molecule has 2 rings (SSSR count). The molecule has 3 nitrogen and oxygen atoms in total. The van der Waals surface area contributed by atoms with Crippen molar-refractivity contribution in [2.75, 3.05) is 5.73 Å². The molecule has 0 aliphatic rings. The molecule has 12 heavy (non-hydrogen) atoms. The minimum atomic E-state index is 0.412. The molecule has 0 saturated carbocycles. The van der Waals surface area contributed by atoms with E-state index in [9.17, 15) is 0 Å². The van der Waals surface area contributed by atoms with E-state index in [1.54, 1.807) is 6.20 Å². The van der Waals surface area contributed by atoms with Crippen molar-refractivity contribution in [2.24, 2.45) is 0 Å². The summed E-state index contributed by atoms with van der Waals surface area (Å²) in [4.78, 5) is 7.96. The highest BCUT2D eigenvalue weighted by molar-refractivity contribution is 6.35. The third-order valence-corrected chi connectivity index (χ3v) is 1.93. The smallest absolute Gasteiger partial charge is 0.150 e. The lowest BCUT2D eigenvalue weighted by Gasteiger charge is -2.00. The first kappa shape index (κ1) is 7.31. The SMILES string of the molecule is Nc1ncc(Cl)c2cccnc12. The first-order chi connectivity index (χ1) is 5.79. The lowest BCUT2D eigenvalue weighted by atomic mass is 10.2. The van der Waals surface area contributed by atoms with Crippen LogP contribution in [-0.4, -0.2) is 9.97 Å². The van der Waals surface area contributed by atoms with Gasteiger partial charge < -0.3 is 5.73 Å². The number of nitrogens with two attached hydrogens (primary N) is 1. The summed E-state index contributed by atoms with van der Waals surface area (Å²) >= 11 is 5.87. The molecule has 2 aromatic heterocycles. The average Bonchev–Trinajstić information content (AvgIpc) is 2.12. The maximum Gasteiger partial charge on any atom is 0.150 e. The minimum absolute atomic E-state index is 0.412. The monoisotopic (exact) mass is 179 g/mol. The Hall–Kier alpha value is -1.35. The summed E-state index contributed by atoms with van der Waals surface area (Å²) in [5, 5.41) is 1.42. The third-order valence-electron chi connectivity index (χ3n) is 1.62. The van der Waals surface area contributed by atoms with Crippen LogP contribution in [0.4, 0.5) is 5.82 Å². The van der Waals surface area contributed by atoms with E-state index in [-0.39, 0.29) is 0 Å². The molecule has 0 radical (unpaired) electrons. The summed E-state index contributed by atoms with van der Waals surface area (Å²) in [7, 11) is 0. The molecule has 0 fully saturated rings. The van der Waals surface area contributed by atoms with E-state index in [1.807, 2.05) is 12.1 Å². The molecule has 0 atom stereocenters. The van der Waals surface area contributed by atoms with Crippen LogP contribution >= 0.6 is 11.6 Å². The quantitative estimate of drug-likeness (QED) is 0.672. The Morgan fingerprint density at radius 3 is 2.92 bits per heavy atom. The molecule has 0 spiro atoms. The molecule has 0 aliphatic carbocycles. The summed E-state index contributed by atoms with van der Waals surface area (Å²) in [5.41, 5.74) is 6.25. The molecule has 2 N–H and O–H groups in total. The van der Waals surface area contributed by atoms with Gasteiger partial charge in [-0.2, -0.15) is 0 Å². The third kappa shape index (κ3) is 0.987. The van der Waals surface area contributed by atoms with E-state index in [4.69, 9.17) is 17.3 Å². The molecule has 0 unspecified atom stereocenters. The number of nitrogen functional groups attached to an aromatic ring is 1. The fraction of sp³-hybridized carbons (Fsp3) is 0. The maximum atomic E-state index is 5.87. The Morgan fingerprint density at radius 1 is 1.33 bits per heavy atom. The van der Waals surface area contributed by atoms with Crippen LogP contribution in [0.15, 0.2) is 24.5 Å². The molecule has 0 saturated heterocycles. The number of pyridine rings is 2. The van der Waals surface area contributed by atoms with Crippen LogP contribution in [0.5, 0.6) is 0 Å². The molecule has 4 heteroatoms. The van der Waals surface area contributed by atoms with Gasteiger partial charge in [-0.1, -0.05) is 11.6 Å². The van der Waals surface area contributed by atoms with Gasteiger partial charge in [0.25, 0.3) is 0 Å². The molecule has 0 amide bonds. The summed E-state index contributed by atoms with van der Waals surface area (Å²) < 4.78 is 0. The van der Waals surface area contributed by atoms with Crippen molar-refractivity contribution >= 4 is 28.3 Å². The Labute approximate surface area is 74.2 Å². The predicted octanol–water partition coefficient (Wildman–Crippen LogP) is 1.87. The fourth-order valence-electron chi connectivity index (χ4n) is 1.06. The normalized spacial score (nSPS) is 10.4. The average molecular weight is 180 g/mol. The number of rotatable bonds is 0. The highest BCUT2D eigenvalue weighted by atomic mass is 35.5.